The molecule has 0 bridgehead atoms. The number of fused-ring (bicyclic) bond motifs is 7. The van der Waals surface area contributed by atoms with Gasteiger partial charge in [0.15, 0.2) is 17.5 Å². The first kappa shape index (κ1) is 23.7. The predicted molar refractivity (Wildman–Crippen MR) is 174 cm³/mol. The Morgan fingerprint density at radius 1 is 0.442 bits per heavy atom. The number of nitrogens with zero attached hydrogens (tertiary/aromatic N) is 4. The highest BCUT2D eigenvalue weighted by Gasteiger charge is 2.19. The van der Waals surface area contributed by atoms with Crippen molar-refractivity contribution < 1.29 is 4.42 Å². The van der Waals surface area contributed by atoms with Gasteiger partial charge in [0.1, 0.15) is 11.2 Å². The fourth-order valence-corrected chi connectivity index (χ4v) is 6.17. The van der Waals surface area contributed by atoms with Crippen LogP contribution in [0.1, 0.15) is 0 Å². The van der Waals surface area contributed by atoms with E-state index in [4.69, 9.17) is 19.4 Å². The zero-order chi connectivity index (χ0) is 28.3. The van der Waals surface area contributed by atoms with Gasteiger partial charge >= 0.3 is 0 Å². The molecule has 43 heavy (non-hydrogen) atoms. The van der Waals surface area contributed by atoms with Crippen LogP contribution < -0.4 is 0 Å². The van der Waals surface area contributed by atoms with E-state index in [1.165, 1.54) is 10.8 Å². The molecule has 0 unspecified atom stereocenters. The molecule has 0 aliphatic heterocycles. The maximum atomic E-state index is 6.37. The van der Waals surface area contributed by atoms with Crippen LogP contribution in [-0.2, 0) is 0 Å². The van der Waals surface area contributed by atoms with Gasteiger partial charge < -0.3 is 4.42 Å². The number of benzene rings is 6. The van der Waals surface area contributed by atoms with Crippen molar-refractivity contribution in [1.82, 2.24) is 19.9 Å². The molecule has 5 nitrogen and oxygen atoms in total. The molecule has 0 N–H and O–H groups in total. The quantitative estimate of drug-likeness (QED) is 0.205. The van der Waals surface area contributed by atoms with Crippen LogP contribution in [0.3, 0.4) is 0 Å². The van der Waals surface area contributed by atoms with E-state index < -0.39 is 0 Å². The van der Waals surface area contributed by atoms with Crippen molar-refractivity contribution in [3.63, 3.8) is 0 Å². The normalized spacial score (nSPS) is 11.7. The molecule has 9 rings (SSSR count). The minimum absolute atomic E-state index is 0.598. The van der Waals surface area contributed by atoms with Gasteiger partial charge in [0.05, 0.1) is 0 Å². The molecule has 0 fully saturated rings. The lowest BCUT2D eigenvalue weighted by atomic mass is 9.96. The summed E-state index contributed by atoms with van der Waals surface area (Å²) in [6.45, 7) is 0. The monoisotopic (exact) mass is 550 g/mol. The van der Waals surface area contributed by atoms with Crippen molar-refractivity contribution in [2.75, 3.05) is 0 Å². The van der Waals surface area contributed by atoms with Crippen LogP contribution in [0.25, 0.3) is 88.4 Å². The second kappa shape index (κ2) is 9.29. The lowest BCUT2D eigenvalue weighted by Crippen LogP contribution is -2.01. The fraction of sp³-hybridized carbons (Fsp3) is 0. The second-order valence-corrected chi connectivity index (χ2v) is 10.7. The summed E-state index contributed by atoms with van der Waals surface area (Å²) in [5, 5.41) is 8.73. The standard InChI is InChI=1S/C38H22N4O/c1-2-9-23(10-3-1)36-40-37(30-15-8-16-33-35(30)32-20-26-22-39-18-17-24(26)21-34(32)43-33)42-38(41-36)31-19-25-11-4-5-12-27(25)28-13-6-7-14-29(28)31/h1-22H. The molecule has 0 saturated carbocycles. The first-order valence-electron chi connectivity index (χ1n) is 14.2. The topological polar surface area (TPSA) is 64.7 Å². The molecule has 9 aromatic rings. The Kier molecular flexibility index (Phi) is 5.13. The SMILES string of the molecule is c1ccc(-c2nc(-c3cc4ccccc4c4ccccc34)nc(-c3cccc4oc5cc6ccncc6cc5c34)n2)cc1. The highest BCUT2D eigenvalue weighted by atomic mass is 16.3. The molecule has 5 heteroatoms. The van der Waals surface area contributed by atoms with E-state index >= 15 is 0 Å². The van der Waals surface area contributed by atoms with E-state index in [9.17, 15) is 0 Å². The van der Waals surface area contributed by atoms with Crippen LogP contribution in [0.4, 0.5) is 0 Å². The third-order valence-electron chi connectivity index (χ3n) is 8.17. The van der Waals surface area contributed by atoms with Crippen molar-refractivity contribution in [1.29, 1.82) is 0 Å². The van der Waals surface area contributed by atoms with Gasteiger partial charge in [0.2, 0.25) is 0 Å². The summed E-state index contributed by atoms with van der Waals surface area (Å²) in [6.07, 6.45) is 3.69. The summed E-state index contributed by atoms with van der Waals surface area (Å²) in [4.78, 5) is 19.7. The van der Waals surface area contributed by atoms with Gasteiger partial charge in [0, 0.05) is 45.2 Å². The van der Waals surface area contributed by atoms with Crippen molar-refractivity contribution in [3.8, 4) is 34.2 Å². The molecular formula is C38H22N4O. The highest BCUT2D eigenvalue weighted by Crippen LogP contribution is 2.39. The number of rotatable bonds is 3. The maximum absolute atomic E-state index is 6.37. The van der Waals surface area contributed by atoms with Crippen molar-refractivity contribution in [2.24, 2.45) is 0 Å². The largest absolute Gasteiger partial charge is 0.456 e. The summed E-state index contributed by atoms with van der Waals surface area (Å²) in [7, 11) is 0. The first-order valence-corrected chi connectivity index (χ1v) is 14.2. The Hall–Kier alpha value is -5.94. The molecule has 0 aliphatic rings. The molecule has 3 aromatic heterocycles. The molecule has 0 radical (unpaired) electrons. The van der Waals surface area contributed by atoms with Gasteiger partial charge in [-0.25, -0.2) is 15.0 Å². The average Bonchev–Trinajstić information content (AvgIpc) is 3.44. The molecule has 200 valence electrons. The maximum Gasteiger partial charge on any atom is 0.164 e. The van der Waals surface area contributed by atoms with Gasteiger partial charge in [-0.3, -0.25) is 4.98 Å². The van der Waals surface area contributed by atoms with E-state index in [1.54, 1.807) is 6.20 Å². The van der Waals surface area contributed by atoms with E-state index in [1.807, 2.05) is 54.7 Å². The minimum atomic E-state index is 0.598. The summed E-state index contributed by atoms with van der Waals surface area (Å²) >= 11 is 0. The third kappa shape index (κ3) is 3.79. The van der Waals surface area contributed by atoms with Crippen LogP contribution >= 0.6 is 0 Å². The van der Waals surface area contributed by atoms with E-state index in [2.05, 4.69) is 77.8 Å². The lowest BCUT2D eigenvalue weighted by molar-refractivity contribution is 0.669. The summed E-state index contributed by atoms with van der Waals surface area (Å²) in [5.74, 6) is 1.85. The van der Waals surface area contributed by atoms with E-state index in [-0.39, 0.29) is 0 Å². The molecule has 0 amide bonds. The Balaban J connectivity index is 1.36. The average molecular weight is 551 g/mol. The van der Waals surface area contributed by atoms with Crippen LogP contribution in [0.2, 0.25) is 0 Å². The summed E-state index contributed by atoms with van der Waals surface area (Å²) < 4.78 is 6.37. The zero-order valence-electron chi connectivity index (χ0n) is 22.9. The van der Waals surface area contributed by atoms with Crippen LogP contribution in [-0.4, -0.2) is 19.9 Å². The van der Waals surface area contributed by atoms with Gasteiger partial charge in [-0.1, -0.05) is 91.0 Å². The first-order chi connectivity index (χ1) is 21.3. The number of hydrogen-bond acceptors (Lipinski definition) is 5. The number of aromatic nitrogens is 4. The van der Waals surface area contributed by atoms with Crippen LogP contribution in [0.15, 0.2) is 138 Å². The zero-order valence-corrected chi connectivity index (χ0v) is 22.9. The van der Waals surface area contributed by atoms with Crippen molar-refractivity contribution in [2.45, 2.75) is 0 Å². The Morgan fingerprint density at radius 2 is 1.19 bits per heavy atom. The van der Waals surface area contributed by atoms with Gasteiger partial charge in [0.25, 0.3) is 0 Å². The number of hydrogen-bond donors (Lipinski definition) is 0. The molecule has 6 aromatic carbocycles. The summed E-state index contributed by atoms with van der Waals surface area (Å²) in [6, 6.07) is 41.5. The smallest absolute Gasteiger partial charge is 0.164 e. The minimum Gasteiger partial charge on any atom is -0.456 e. The molecule has 0 spiro atoms. The third-order valence-corrected chi connectivity index (χ3v) is 8.17. The predicted octanol–water partition coefficient (Wildman–Crippen LogP) is 9.63. The number of pyridine rings is 1. The Morgan fingerprint density at radius 3 is 2.07 bits per heavy atom. The van der Waals surface area contributed by atoms with Crippen molar-refractivity contribution >= 4 is 54.3 Å². The lowest BCUT2D eigenvalue weighted by Gasteiger charge is -2.12. The molecule has 3 heterocycles. The van der Waals surface area contributed by atoms with E-state index in [0.717, 1.165) is 60.2 Å². The molecule has 0 saturated heterocycles. The fourth-order valence-electron chi connectivity index (χ4n) is 6.17. The Labute approximate surface area is 246 Å². The van der Waals surface area contributed by atoms with Gasteiger partial charge in [-0.05, 0) is 57.3 Å². The highest BCUT2D eigenvalue weighted by molar-refractivity contribution is 6.16. The summed E-state index contributed by atoms with van der Waals surface area (Å²) in [5.41, 5.74) is 4.40. The Bertz CT molecular complexity index is 2520. The van der Waals surface area contributed by atoms with E-state index in [0.29, 0.717) is 17.5 Å². The van der Waals surface area contributed by atoms with Crippen LogP contribution in [0.5, 0.6) is 0 Å². The van der Waals surface area contributed by atoms with Crippen molar-refractivity contribution in [3.05, 3.63) is 134 Å². The molecular weight excluding hydrogens is 528 g/mol. The van der Waals surface area contributed by atoms with Crippen LogP contribution in [0, 0.1) is 0 Å². The number of furan rings is 1. The van der Waals surface area contributed by atoms with Gasteiger partial charge in [-0.2, -0.15) is 0 Å². The molecule has 0 aliphatic carbocycles. The van der Waals surface area contributed by atoms with Gasteiger partial charge in [-0.15, -0.1) is 0 Å². The second-order valence-electron chi connectivity index (χ2n) is 10.7. The molecule has 0 atom stereocenters.